The average Bonchev–Trinajstić information content (AvgIpc) is 2.45. The first kappa shape index (κ1) is 10.0. The van der Waals surface area contributed by atoms with Gasteiger partial charge in [0.2, 0.25) is 0 Å². The maximum absolute atomic E-state index is 10.8. The van der Waals surface area contributed by atoms with Crippen LogP contribution in [-0.4, -0.2) is 41.1 Å². The van der Waals surface area contributed by atoms with E-state index in [0.29, 0.717) is 19.5 Å². The molecule has 4 nitrogen and oxygen atoms in total. The molecule has 1 fully saturated rings. The number of hydrogen-bond acceptors (Lipinski definition) is 3. The molecule has 4 heteroatoms. The van der Waals surface area contributed by atoms with Gasteiger partial charge in [-0.15, -0.1) is 5.92 Å². The summed E-state index contributed by atoms with van der Waals surface area (Å²) in [5, 5.41) is 8.83. The molecule has 0 radical (unpaired) electrons. The standard InChI is InChI=1S/C9H14N2O2/c1-2-3-5-11-6-4-9(10,7-11)8(12)13/h4-7,10H2,1H3,(H,12,13). The molecule has 1 aliphatic rings. The van der Waals surface area contributed by atoms with Gasteiger partial charge in [-0.25, -0.2) is 0 Å². The van der Waals surface area contributed by atoms with Gasteiger partial charge < -0.3 is 10.8 Å². The second kappa shape index (κ2) is 3.77. The van der Waals surface area contributed by atoms with Gasteiger partial charge in [0, 0.05) is 13.1 Å². The van der Waals surface area contributed by atoms with Crippen LogP contribution in [0.5, 0.6) is 0 Å². The SMILES string of the molecule is CC#CCN1CCC(N)(C(=O)O)C1. The van der Waals surface area contributed by atoms with Gasteiger partial charge in [-0.3, -0.25) is 9.69 Å². The highest BCUT2D eigenvalue weighted by Crippen LogP contribution is 2.18. The van der Waals surface area contributed by atoms with Crippen molar-refractivity contribution in [1.29, 1.82) is 0 Å². The molecule has 1 aliphatic heterocycles. The Hall–Kier alpha value is -1.05. The van der Waals surface area contributed by atoms with Crippen LogP contribution in [-0.2, 0) is 4.79 Å². The van der Waals surface area contributed by atoms with Crippen LogP contribution in [0.1, 0.15) is 13.3 Å². The molecule has 1 rings (SSSR count). The molecular formula is C9H14N2O2. The molecular weight excluding hydrogens is 168 g/mol. The number of aliphatic carboxylic acids is 1. The van der Waals surface area contributed by atoms with Crippen molar-refractivity contribution in [3.8, 4) is 11.8 Å². The first-order valence-electron chi connectivity index (χ1n) is 4.23. The van der Waals surface area contributed by atoms with E-state index in [1.54, 1.807) is 6.92 Å². The molecule has 0 aromatic heterocycles. The van der Waals surface area contributed by atoms with Crippen molar-refractivity contribution in [2.45, 2.75) is 18.9 Å². The van der Waals surface area contributed by atoms with Crippen molar-refractivity contribution in [1.82, 2.24) is 4.90 Å². The molecule has 0 aromatic carbocycles. The Labute approximate surface area is 77.7 Å². The smallest absolute Gasteiger partial charge is 0.325 e. The Balaban J connectivity index is 2.51. The van der Waals surface area contributed by atoms with E-state index in [1.165, 1.54) is 0 Å². The molecule has 0 spiro atoms. The molecule has 72 valence electrons. The van der Waals surface area contributed by atoms with Crippen molar-refractivity contribution in [3.05, 3.63) is 0 Å². The topological polar surface area (TPSA) is 66.6 Å². The first-order valence-corrected chi connectivity index (χ1v) is 4.23. The third-order valence-corrected chi connectivity index (χ3v) is 2.29. The minimum absolute atomic E-state index is 0.400. The molecule has 1 atom stereocenters. The quantitative estimate of drug-likeness (QED) is 0.565. The van der Waals surface area contributed by atoms with Gasteiger partial charge in [0.05, 0.1) is 6.54 Å². The lowest BCUT2D eigenvalue weighted by Gasteiger charge is -2.18. The van der Waals surface area contributed by atoms with Gasteiger partial charge in [-0.2, -0.15) is 0 Å². The van der Waals surface area contributed by atoms with Gasteiger partial charge in [0.15, 0.2) is 0 Å². The average molecular weight is 182 g/mol. The van der Waals surface area contributed by atoms with Crippen LogP contribution in [0.25, 0.3) is 0 Å². The molecule has 0 bridgehead atoms. The second-order valence-electron chi connectivity index (χ2n) is 3.35. The molecule has 1 heterocycles. The van der Waals surface area contributed by atoms with E-state index in [0.717, 1.165) is 6.54 Å². The predicted molar refractivity (Wildman–Crippen MR) is 49.1 cm³/mol. The number of carbonyl (C=O) groups is 1. The lowest BCUT2D eigenvalue weighted by atomic mass is 10.0. The van der Waals surface area contributed by atoms with E-state index < -0.39 is 11.5 Å². The second-order valence-corrected chi connectivity index (χ2v) is 3.35. The van der Waals surface area contributed by atoms with Crippen LogP contribution in [0.4, 0.5) is 0 Å². The first-order chi connectivity index (χ1) is 6.08. The van der Waals surface area contributed by atoms with Crippen LogP contribution >= 0.6 is 0 Å². The Morgan fingerprint density at radius 1 is 1.77 bits per heavy atom. The van der Waals surface area contributed by atoms with Gasteiger partial charge in [-0.1, -0.05) is 5.92 Å². The van der Waals surface area contributed by atoms with Crippen LogP contribution in [0.2, 0.25) is 0 Å². The third-order valence-electron chi connectivity index (χ3n) is 2.29. The lowest BCUT2D eigenvalue weighted by Crippen LogP contribution is -2.50. The summed E-state index contributed by atoms with van der Waals surface area (Å²) in [6.45, 7) is 3.50. The molecule has 0 aromatic rings. The number of nitrogens with zero attached hydrogens (tertiary/aromatic N) is 1. The summed E-state index contributed by atoms with van der Waals surface area (Å²) < 4.78 is 0. The lowest BCUT2D eigenvalue weighted by molar-refractivity contribution is -0.142. The van der Waals surface area contributed by atoms with Crippen LogP contribution in [0.15, 0.2) is 0 Å². The predicted octanol–water partition coefficient (Wildman–Crippen LogP) is -0.502. The van der Waals surface area contributed by atoms with Crippen molar-refractivity contribution >= 4 is 5.97 Å². The number of likely N-dealkylation sites (tertiary alicyclic amines) is 1. The van der Waals surface area contributed by atoms with Gasteiger partial charge in [0.1, 0.15) is 5.54 Å². The normalized spacial score (nSPS) is 28.2. The highest BCUT2D eigenvalue weighted by Gasteiger charge is 2.40. The Morgan fingerprint density at radius 3 is 2.92 bits per heavy atom. The fourth-order valence-electron chi connectivity index (χ4n) is 1.42. The summed E-state index contributed by atoms with van der Waals surface area (Å²) in [6.07, 6.45) is 0.508. The van der Waals surface area contributed by atoms with E-state index in [9.17, 15) is 4.79 Å². The highest BCUT2D eigenvalue weighted by molar-refractivity contribution is 5.79. The molecule has 13 heavy (non-hydrogen) atoms. The number of rotatable bonds is 2. The summed E-state index contributed by atoms with van der Waals surface area (Å²) in [5.74, 6) is 4.75. The van der Waals surface area contributed by atoms with E-state index in [-0.39, 0.29) is 0 Å². The zero-order valence-corrected chi connectivity index (χ0v) is 7.71. The Kier molecular flexibility index (Phi) is 2.91. The van der Waals surface area contributed by atoms with E-state index in [4.69, 9.17) is 10.8 Å². The monoisotopic (exact) mass is 182 g/mol. The van der Waals surface area contributed by atoms with Gasteiger partial charge in [0.25, 0.3) is 0 Å². The summed E-state index contributed by atoms with van der Waals surface area (Å²) in [5.41, 5.74) is 4.61. The fraction of sp³-hybridized carbons (Fsp3) is 0.667. The third kappa shape index (κ3) is 2.20. The molecule has 1 unspecified atom stereocenters. The van der Waals surface area contributed by atoms with E-state index in [2.05, 4.69) is 11.8 Å². The summed E-state index contributed by atoms with van der Waals surface area (Å²) >= 11 is 0. The molecule has 1 saturated heterocycles. The van der Waals surface area contributed by atoms with Crippen molar-refractivity contribution in [2.24, 2.45) is 5.73 Å². The van der Waals surface area contributed by atoms with E-state index >= 15 is 0 Å². The summed E-state index contributed by atoms with van der Waals surface area (Å²) in [7, 11) is 0. The largest absolute Gasteiger partial charge is 0.480 e. The Bertz CT molecular complexity index is 267. The van der Waals surface area contributed by atoms with Gasteiger partial charge in [-0.05, 0) is 13.3 Å². The summed E-state index contributed by atoms with van der Waals surface area (Å²) in [6, 6.07) is 0. The molecule has 0 aliphatic carbocycles. The minimum atomic E-state index is -1.06. The van der Waals surface area contributed by atoms with Crippen LogP contribution in [0.3, 0.4) is 0 Å². The number of hydrogen-bond donors (Lipinski definition) is 2. The maximum atomic E-state index is 10.8. The van der Waals surface area contributed by atoms with Gasteiger partial charge >= 0.3 is 5.97 Å². The summed E-state index contributed by atoms with van der Waals surface area (Å²) in [4.78, 5) is 12.7. The van der Waals surface area contributed by atoms with E-state index in [1.807, 2.05) is 4.90 Å². The van der Waals surface area contributed by atoms with Crippen LogP contribution < -0.4 is 5.73 Å². The highest BCUT2D eigenvalue weighted by atomic mass is 16.4. The molecule has 3 N–H and O–H groups in total. The zero-order chi connectivity index (χ0) is 9.90. The minimum Gasteiger partial charge on any atom is -0.480 e. The fourth-order valence-corrected chi connectivity index (χ4v) is 1.42. The van der Waals surface area contributed by atoms with Crippen molar-refractivity contribution in [2.75, 3.05) is 19.6 Å². The van der Waals surface area contributed by atoms with Crippen LogP contribution in [0, 0.1) is 11.8 Å². The van der Waals surface area contributed by atoms with Crippen molar-refractivity contribution < 1.29 is 9.90 Å². The number of carboxylic acids is 1. The Morgan fingerprint density at radius 2 is 2.46 bits per heavy atom. The van der Waals surface area contributed by atoms with Crippen molar-refractivity contribution in [3.63, 3.8) is 0 Å². The zero-order valence-electron chi connectivity index (χ0n) is 7.71. The number of carboxylic acid groups (broad SMARTS) is 1. The maximum Gasteiger partial charge on any atom is 0.325 e. The molecule has 0 amide bonds. The molecule has 0 saturated carbocycles. The number of nitrogens with two attached hydrogens (primary N) is 1.